The molecule has 19 heavy (non-hydrogen) atoms. The van der Waals surface area contributed by atoms with Gasteiger partial charge >= 0.3 is 0 Å². The van der Waals surface area contributed by atoms with Crippen LogP contribution in [0.5, 0.6) is 5.75 Å². The van der Waals surface area contributed by atoms with E-state index in [9.17, 15) is 10.2 Å². The van der Waals surface area contributed by atoms with Gasteiger partial charge in [-0.3, -0.25) is 0 Å². The fourth-order valence-corrected chi connectivity index (χ4v) is 3.24. The first kappa shape index (κ1) is 12.9. The first-order valence-electron chi connectivity index (χ1n) is 7.32. The van der Waals surface area contributed by atoms with E-state index in [2.05, 4.69) is 0 Å². The van der Waals surface area contributed by atoms with E-state index < -0.39 is 5.60 Å². The highest BCUT2D eigenvalue weighted by Gasteiger charge is 2.32. The number of hydrogen-bond acceptors (Lipinski definition) is 3. The Balaban J connectivity index is 1.70. The van der Waals surface area contributed by atoms with Crippen molar-refractivity contribution < 1.29 is 14.9 Å². The topological polar surface area (TPSA) is 49.7 Å². The number of rotatable bonds is 3. The number of aliphatic hydroxyl groups is 2. The average Bonchev–Trinajstić information content (AvgIpc) is 2.85. The van der Waals surface area contributed by atoms with Gasteiger partial charge in [0.15, 0.2) is 0 Å². The Morgan fingerprint density at radius 1 is 1.21 bits per heavy atom. The summed E-state index contributed by atoms with van der Waals surface area (Å²) in [4.78, 5) is 0. The van der Waals surface area contributed by atoms with Crippen LogP contribution in [0.2, 0.25) is 0 Å². The maximum atomic E-state index is 10.3. The van der Waals surface area contributed by atoms with E-state index in [1.54, 1.807) is 0 Å². The van der Waals surface area contributed by atoms with E-state index >= 15 is 0 Å². The van der Waals surface area contributed by atoms with Crippen LogP contribution < -0.4 is 4.74 Å². The normalized spacial score (nSPS) is 25.1. The van der Waals surface area contributed by atoms with Crippen molar-refractivity contribution in [3.8, 4) is 5.75 Å². The summed E-state index contributed by atoms with van der Waals surface area (Å²) in [5, 5.41) is 20.3. The van der Waals surface area contributed by atoms with Crippen LogP contribution in [0.3, 0.4) is 0 Å². The quantitative estimate of drug-likeness (QED) is 0.880. The molecule has 1 aromatic rings. The molecule has 2 aliphatic carbocycles. The van der Waals surface area contributed by atoms with Crippen LogP contribution in [0.1, 0.15) is 55.8 Å². The molecule has 0 amide bonds. The number of hydrogen-bond donors (Lipinski definition) is 2. The van der Waals surface area contributed by atoms with Gasteiger partial charge in [-0.25, -0.2) is 0 Å². The maximum Gasteiger partial charge on any atom is 0.119 e. The minimum absolute atomic E-state index is 0.359. The standard InChI is InChI=1S/C16H22O3/c17-15-5-3-4-12-6-7-13(10-14(12)15)19-11-16(18)8-1-2-9-16/h6-7,10,15,17-18H,1-5,8-9,11H2/t15-/m0/s1. The molecule has 0 spiro atoms. The monoisotopic (exact) mass is 262 g/mol. The molecular formula is C16H22O3. The van der Waals surface area contributed by atoms with Crippen molar-refractivity contribution in [1.82, 2.24) is 0 Å². The number of aryl methyl sites for hydroxylation is 1. The summed E-state index contributed by atoms with van der Waals surface area (Å²) in [5.74, 6) is 0.764. The second-order valence-electron chi connectivity index (χ2n) is 5.99. The summed E-state index contributed by atoms with van der Waals surface area (Å²) in [6, 6.07) is 5.94. The zero-order valence-electron chi connectivity index (χ0n) is 11.3. The fourth-order valence-electron chi connectivity index (χ4n) is 3.24. The van der Waals surface area contributed by atoms with Crippen molar-refractivity contribution in [1.29, 1.82) is 0 Å². The molecule has 3 nitrogen and oxygen atoms in total. The number of ether oxygens (including phenoxy) is 1. The zero-order valence-corrected chi connectivity index (χ0v) is 11.3. The highest BCUT2D eigenvalue weighted by molar-refractivity contribution is 5.38. The Morgan fingerprint density at radius 3 is 2.79 bits per heavy atom. The van der Waals surface area contributed by atoms with Gasteiger partial charge in [-0.05, 0) is 55.4 Å². The summed E-state index contributed by atoms with van der Waals surface area (Å²) in [6.45, 7) is 0.363. The van der Waals surface area contributed by atoms with E-state index in [0.29, 0.717) is 6.61 Å². The van der Waals surface area contributed by atoms with Gasteiger partial charge in [0, 0.05) is 0 Å². The molecule has 0 heterocycles. The molecule has 0 aliphatic heterocycles. The van der Waals surface area contributed by atoms with Gasteiger partial charge in [0.05, 0.1) is 11.7 Å². The Morgan fingerprint density at radius 2 is 2.00 bits per heavy atom. The molecule has 0 unspecified atom stereocenters. The van der Waals surface area contributed by atoms with Crippen molar-refractivity contribution in [2.75, 3.05) is 6.61 Å². The van der Waals surface area contributed by atoms with Crippen LogP contribution in [-0.2, 0) is 6.42 Å². The highest BCUT2D eigenvalue weighted by Crippen LogP contribution is 2.34. The Labute approximate surface area is 114 Å². The summed E-state index contributed by atoms with van der Waals surface area (Å²) in [5.41, 5.74) is 1.59. The Hall–Kier alpha value is -1.06. The molecule has 1 aromatic carbocycles. The number of aliphatic hydroxyl groups excluding tert-OH is 1. The van der Waals surface area contributed by atoms with Crippen molar-refractivity contribution in [2.24, 2.45) is 0 Å². The second-order valence-corrected chi connectivity index (χ2v) is 5.99. The van der Waals surface area contributed by atoms with Gasteiger partial charge in [0.1, 0.15) is 12.4 Å². The van der Waals surface area contributed by atoms with Crippen LogP contribution >= 0.6 is 0 Å². The lowest BCUT2D eigenvalue weighted by molar-refractivity contribution is 0.00131. The van der Waals surface area contributed by atoms with Crippen LogP contribution in [-0.4, -0.2) is 22.4 Å². The van der Waals surface area contributed by atoms with Crippen LogP contribution in [0.4, 0.5) is 0 Å². The van der Waals surface area contributed by atoms with Gasteiger partial charge in [0.2, 0.25) is 0 Å². The molecule has 1 fully saturated rings. The predicted molar refractivity (Wildman–Crippen MR) is 73.3 cm³/mol. The van der Waals surface area contributed by atoms with Gasteiger partial charge in [-0.15, -0.1) is 0 Å². The minimum Gasteiger partial charge on any atom is -0.491 e. The summed E-state index contributed by atoms with van der Waals surface area (Å²) < 4.78 is 5.75. The second kappa shape index (κ2) is 5.14. The number of fused-ring (bicyclic) bond motifs is 1. The van der Waals surface area contributed by atoms with Crippen LogP contribution in [0.25, 0.3) is 0 Å². The fraction of sp³-hybridized carbons (Fsp3) is 0.625. The van der Waals surface area contributed by atoms with Gasteiger partial charge in [-0.1, -0.05) is 18.9 Å². The molecule has 3 heteroatoms. The van der Waals surface area contributed by atoms with E-state index in [1.165, 1.54) is 5.56 Å². The number of benzene rings is 1. The van der Waals surface area contributed by atoms with Gasteiger partial charge in [0.25, 0.3) is 0 Å². The summed E-state index contributed by atoms with van der Waals surface area (Å²) in [7, 11) is 0. The van der Waals surface area contributed by atoms with Crippen molar-refractivity contribution in [3.63, 3.8) is 0 Å². The van der Waals surface area contributed by atoms with Gasteiger partial charge in [-0.2, -0.15) is 0 Å². The molecule has 0 saturated heterocycles. The average molecular weight is 262 g/mol. The molecule has 1 atom stereocenters. The Bertz CT molecular complexity index is 449. The third-order valence-corrected chi connectivity index (χ3v) is 4.44. The van der Waals surface area contributed by atoms with E-state index in [-0.39, 0.29) is 6.10 Å². The molecule has 2 N–H and O–H groups in total. The SMILES string of the molecule is O[C@H]1CCCc2ccc(OCC3(O)CCCC3)cc21. The predicted octanol–water partition coefficient (Wildman–Crippen LogP) is 2.74. The molecule has 0 bridgehead atoms. The van der Waals surface area contributed by atoms with Gasteiger partial charge < -0.3 is 14.9 Å². The lowest BCUT2D eigenvalue weighted by atomic mass is 9.89. The third kappa shape index (κ3) is 2.77. The van der Waals surface area contributed by atoms with Crippen molar-refractivity contribution in [2.45, 2.75) is 56.7 Å². The molecule has 104 valence electrons. The van der Waals surface area contributed by atoms with Crippen LogP contribution in [0.15, 0.2) is 18.2 Å². The van der Waals surface area contributed by atoms with Crippen molar-refractivity contribution >= 4 is 0 Å². The molecule has 0 aromatic heterocycles. The first-order chi connectivity index (χ1) is 9.16. The third-order valence-electron chi connectivity index (χ3n) is 4.44. The first-order valence-corrected chi connectivity index (χ1v) is 7.32. The van der Waals surface area contributed by atoms with E-state index in [4.69, 9.17) is 4.74 Å². The molecule has 0 radical (unpaired) electrons. The highest BCUT2D eigenvalue weighted by atomic mass is 16.5. The molecule has 2 aliphatic rings. The van der Waals surface area contributed by atoms with Crippen molar-refractivity contribution in [3.05, 3.63) is 29.3 Å². The molecular weight excluding hydrogens is 240 g/mol. The van der Waals surface area contributed by atoms with Crippen LogP contribution in [0, 0.1) is 0 Å². The minimum atomic E-state index is -0.644. The molecule has 1 saturated carbocycles. The van der Waals surface area contributed by atoms with E-state index in [1.807, 2.05) is 18.2 Å². The largest absolute Gasteiger partial charge is 0.491 e. The molecule has 3 rings (SSSR count). The Kier molecular flexibility index (Phi) is 3.50. The zero-order chi connectivity index (χ0) is 13.3. The summed E-state index contributed by atoms with van der Waals surface area (Å²) >= 11 is 0. The lowest BCUT2D eigenvalue weighted by Gasteiger charge is -2.24. The smallest absolute Gasteiger partial charge is 0.119 e. The lowest BCUT2D eigenvalue weighted by Crippen LogP contribution is -2.32. The van der Waals surface area contributed by atoms with E-state index in [0.717, 1.165) is 56.3 Å². The summed E-state index contributed by atoms with van der Waals surface area (Å²) in [6.07, 6.45) is 6.40. The maximum absolute atomic E-state index is 10.3.